The SMILES string of the molecule is CC(C)(C)N1N=C(c2ccccc2)C(=O)C1=O. The Labute approximate surface area is 99.9 Å². The zero-order chi connectivity index (χ0) is 12.6. The van der Waals surface area contributed by atoms with E-state index in [0.717, 1.165) is 0 Å². The number of hydrogen-bond donors (Lipinski definition) is 0. The van der Waals surface area contributed by atoms with Crippen molar-refractivity contribution in [3.05, 3.63) is 35.9 Å². The highest BCUT2D eigenvalue weighted by atomic mass is 16.2. The number of rotatable bonds is 1. The number of carbonyl (C=O) groups excluding carboxylic acids is 2. The number of carbonyl (C=O) groups is 2. The van der Waals surface area contributed by atoms with Crippen molar-refractivity contribution in [3.63, 3.8) is 0 Å². The molecule has 0 radical (unpaired) electrons. The van der Waals surface area contributed by atoms with Crippen molar-refractivity contribution in [2.24, 2.45) is 5.10 Å². The molecule has 0 aromatic heterocycles. The van der Waals surface area contributed by atoms with E-state index in [9.17, 15) is 9.59 Å². The number of Topliss-reactive ketones (excluding diaryl/α,β-unsaturated/α-hetero) is 1. The molecule has 0 saturated carbocycles. The molecule has 4 heteroatoms. The van der Waals surface area contributed by atoms with Crippen LogP contribution in [0.1, 0.15) is 26.3 Å². The van der Waals surface area contributed by atoms with E-state index < -0.39 is 17.2 Å². The minimum Gasteiger partial charge on any atom is -0.281 e. The van der Waals surface area contributed by atoms with Crippen LogP contribution in [0.15, 0.2) is 35.4 Å². The van der Waals surface area contributed by atoms with E-state index >= 15 is 0 Å². The third kappa shape index (κ3) is 1.98. The van der Waals surface area contributed by atoms with E-state index in [0.29, 0.717) is 5.56 Å². The molecule has 1 heterocycles. The highest BCUT2D eigenvalue weighted by Crippen LogP contribution is 2.21. The van der Waals surface area contributed by atoms with Crippen LogP contribution in [-0.2, 0) is 9.59 Å². The number of benzene rings is 1. The van der Waals surface area contributed by atoms with Gasteiger partial charge in [-0.25, -0.2) is 5.01 Å². The Morgan fingerprint density at radius 1 is 1.06 bits per heavy atom. The average Bonchev–Trinajstić information content (AvgIpc) is 2.57. The topological polar surface area (TPSA) is 49.7 Å². The Balaban J connectivity index is 2.43. The van der Waals surface area contributed by atoms with Gasteiger partial charge in [-0.2, -0.15) is 5.10 Å². The molecule has 0 N–H and O–H groups in total. The summed E-state index contributed by atoms with van der Waals surface area (Å²) in [6.07, 6.45) is 0. The highest BCUT2D eigenvalue weighted by molar-refractivity contribution is 6.69. The maximum absolute atomic E-state index is 11.8. The van der Waals surface area contributed by atoms with Gasteiger partial charge in [0, 0.05) is 5.56 Å². The van der Waals surface area contributed by atoms with E-state index in [-0.39, 0.29) is 5.71 Å². The fourth-order valence-corrected chi connectivity index (χ4v) is 1.63. The number of hydrogen-bond acceptors (Lipinski definition) is 3. The van der Waals surface area contributed by atoms with Gasteiger partial charge in [0.2, 0.25) is 0 Å². The molecule has 1 aromatic carbocycles. The van der Waals surface area contributed by atoms with Crippen molar-refractivity contribution in [1.29, 1.82) is 0 Å². The van der Waals surface area contributed by atoms with Gasteiger partial charge in [-0.05, 0) is 20.8 Å². The smallest absolute Gasteiger partial charge is 0.281 e. The monoisotopic (exact) mass is 230 g/mol. The van der Waals surface area contributed by atoms with E-state index in [4.69, 9.17) is 0 Å². The van der Waals surface area contributed by atoms with Crippen LogP contribution >= 0.6 is 0 Å². The standard InChI is InChI=1S/C13H14N2O2/c1-13(2,3)15-12(17)11(16)10(14-15)9-7-5-4-6-8-9/h4-8H,1-3H3. The highest BCUT2D eigenvalue weighted by Gasteiger charge is 2.40. The average molecular weight is 230 g/mol. The largest absolute Gasteiger partial charge is 0.317 e. The van der Waals surface area contributed by atoms with Gasteiger partial charge in [0.25, 0.3) is 5.78 Å². The van der Waals surface area contributed by atoms with Crippen molar-refractivity contribution >= 4 is 17.4 Å². The summed E-state index contributed by atoms with van der Waals surface area (Å²) in [5.41, 5.74) is 0.423. The molecule has 2 rings (SSSR count). The lowest BCUT2D eigenvalue weighted by molar-refractivity contribution is -0.142. The summed E-state index contributed by atoms with van der Waals surface area (Å²) in [5, 5.41) is 5.39. The Morgan fingerprint density at radius 3 is 2.12 bits per heavy atom. The molecule has 0 aliphatic carbocycles. The second kappa shape index (κ2) is 3.80. The molecular formula is C13H14N2O2. The lowest BCUT2D eigenvalue weighted by atomic mass is 10.1. The third-order valence-electron chi connectivity index (χ3n) is 2.48. The Hall–Kier alpha value is -1.97. The second-order valence-electron chi connectivity index (χ2n) is 4.93. The van der Waals surface area contributed by atoms with Gasteiger partial charge in [-0.1, -0.05) is 30.3 Å². The minimum atomic E-state index is -0.559. The predicted octanol–water partition coefficient (Wildman–Crippen LogP) is 1.60. The molecule has 17 heavy (non-hydrogen) atoms. The van der Waals surface area contributed by atoms with Crippen molar-refractivity contribution in [1.82, 2.24) is 5.01 Å². The summed E-state index contributed by atoms with van der Waals surface area (Å²) in [6.45, 7) is 5.53. The molecule has 1 aliphatic rings. The van der Waals surface area contributed by atoms with Gasteiger partial charge in [-0.15, -0.1) is 0 Å². The number of hydrazone groups is 1. The first-order valence-electron chi connectivity index (χ1n) is 5.44. The third-order valence-corrected chi connectivity index (χ3v) is 2.48. The summed E-state index contributed by atoms with van der Waals surface area (Å²) < 4.78 is 0. The molecule has 0 atom stereocenters. The zero-order valence-corrected chi connectivity index (χ0v) is 10.1. The normalized spacial score (nSPS) is 16.4. The lowest BCUT2D eigenvalue weighted by Gasteiger charge is -2.26. The first-order valence-corrected chi connectivity index (χ1v) is 5.44. The number of ketones is 1. The molecular weight excluding hydrogens is 216 g/mol. The van der Waals surface area contributed by atoms with Crippen LogP contribution in [0, 0.1) is 0 Å². The Kier molecular flexibility index (Phi) is 2.58. The predicted molar refractivity (Wildman–Crippen MR) is 64.6 cm³/mol. The van der Waals surface area contributed by atoms with Gasteiger partial charge >= 0.3 is 5.91 Å². The molecule has 88 valence electrons. The van der Waals surface area contributed by atoms with Crippen LogP contribution in [0.25, 0.3) is 0 Å². The van der Waals surface area contributed by atoms with E-state index in [2.05, 4.69) is 5.10 Å². The summed E-state index contributed by atoms with van der Waals surface area (Å²) in [7, 11) is 0. The van der Waals surface area contributed by atoms with Crippen molar-refractivity contribution in [3.8, 4) is 0 Å². The lowest BCUT2D eigenvalue weighted by Crippen LogP contribution is -2.41. The van der Waals surface area contributed by atoms with E-state index in [1.165, 1.54) is 5.01 Å². The van der Waals surface area contributed by atoms with Crippen LogP contribution in [0.4, 0.5) is 0 Å². The zero-order valence-electron chi connectivity index (χ0n) is 10.1. The maximum Gasteiger partial charge on any atom is 0.317 e. The van der Waals surface area contributed by atoms with Gasteiger partial charge < -0.3 is 0 Å². The first kappa shape index (κ1) is 11.5. The molecule has 1 amide bonds. The van der Waals surface area contributed by atoms with Crippen LogP contribution in [0.3, 0.4) is 0 Å². The second-order valence-corrected chi connectivity index (χ2v) is 4.93. The Bertz CT molecular complexity index is 498. The van der Waals surface area contributed by atoms with Crippen LogP contribution < -0.4 is 0 Å². The van der Waals surface area contributed by atoms with Crippen molar-refractivity contribution in [2.45, 2.75) is 26.3 Å². The van der Waals surface area contributed by atoms with Crippen LogP contribution in [0.5, 0.6) is 0 Å². The van der Waals surface area contributed by atoms with E-state index in [1.807, 2.05) is 39.0 Å². The minimum absolute atomic E-state index is 0.227. The summed E-state index contributed by atoms with van der Waals surface area (Å²) in [6, 6.07) is 9.03. The molecule has 1 aliphatic heterocycles. The fraction of sp³-hybridized carbons (Fsp3) is 0.308. The molecule has 0 bridgehead atoms. The van der Waals surface area contributed by atoms with Crippen molar-refractivity contribution in [2.75, 3.05) is 0 Å². The molecule has 0 saturated heterocycles. The molecule has 0 unspecified atom stereocenters. The molecule has 4 nitrogen and oxygen atoms in total. The summed E-state index contributed by atoms with van der Waals surface area (Å²) in [4.78, 5) is 23.6. The number of nitrogens with zero attached hydrogens (tertiary/aromatic N) is 2. The van der Waals surface area contributed by atoms with Crippen LogP contribution in [-0.4, -0.2) is 27.9 Å². The van der Waals surface area contributed by atoms with Crippen molar-refractivity contribution < 1.29 is 9.59 Å². The van der Waals surface area contributed by atoms with Crippen LogP contribution in [0.2, 0.25) is 0 Å². The fourth-order valence-electron chi connectivity index (χ4n) is 1.63. The maximum atomic E-state index is 11.8. The quantitative estimate of drug-likeness (QED) is 0.688. The number of amides is 1. The van der Waals surface area contributed by atoms with Gasteiger partial charge in [-0.3, -0.25) is 9.59 Å². The first-order chi connectivity index (χ1) is 7.91. The van der Waals surface area contributed by atoms with Gasteiger partial charge in [0.05, 0.1) is 5.54 Å². The Morgan fingerprint density at radius 2 is 1.65 bits per heavy atom. The van der Waals surface area contributed by atoms with Gasteiger partial charge in [0.1, 0.15) is 5.71 Å². The summed E-state index contributed by atoms with van der Waals surface area (Å²) in [5.74, 6) is -1.09. The molecule has 1 aromatic rings. The van der Waals surface area contributed by atoms with Gasteiger partial charge in [0.15, 0.2) is 0 Å². The van der Waals surface area contributed by atoms with E-state index in [1.54, 1.807) is 12.1 Å². The summed E-state index contributed by atoms with van der Waals surface area (Å²) >= 11 is 0. The molecule has 0 spiro atoms. The molecule has 0 fully saturated rings.